The summed E-state index contributed by atoms with van der Waals surface area (Å²) in [7, 11) is 0. The summed E-state index contributed by atoms with van der Waals surface area (Å²) >= 11 is 6.89. The number of aliphatic hydroxyl groups excluding tert-OH is 1. The van der Waals surface area contributed by atoms with E-state index in [0.717, 1.165) is 20.1 Å². The zero-order valence-corrected chi connectivity index (χ0v) is 12.5. The van der Waals surface area contributed by atoms with E-state index in [-0.39, 0.29) is 6.61 Å². The number of hydrogen-bond acceptors (Lipinski definition) is 6. The monoisotopic (exact) mass is 296 g/mol. The third-order valence-corrected chi connectivity index (χ3v) is 4.54. The van der Waals surface area contributed by atoms with Gasteiger partial charge in [-0.3, -0.25) is 0 Å². The van der Waals surface area contributed by atoms with Crippen LogP contribution in [0, 0.1) is 17.8 Å². The van der Waals surface area contributed by atoms with Gasteiger partial charge in [0.1, 0.15) is 11.6 Å². The Kier molecular flexibility index (Phi) is 4.28. The molecule has 0 aliphatic heterocycles. The first kappa shape index (κ1) is 14.1. The Morgan fingerprint density at radius 2 is 2.21 bits per heavy atom. The highest BCUT2D eigenvalue weighted by Crippen LogP contribution is 2.21. The molecular weight excluding hydrogens is 280 g/mol. The highest BCUT2D eigenvalue weighted by atomic mass is 32.1. The van der Waals surface area contributed by atoms with Gasteiger partial charge in [-0.2, -0.15) is 0 Å². The molecule has 0 unspecified atom stereocenters. The summed E-state index contributed by atoms with van der Waals surface area (Å²) in [6, 6.07) is 0. The zero-order valence-electron chi connectivity index (χ0n) is 10.9. The Bertz CT molecular complexity index is 648. The molecule has 0 saturated heterocycles. The number of rotatable bonds is 4. The lowest BCUT2D eigenvalue weighted by Crippen LogP contribution is -2.08. The van der Waals surface area contributed by atoms with Crippen LogP contribution in [-0.2, 0) is 13.0 Å². The summed E-state index contributed by atoms with van der Waals surface area (Å²) in [6.45, 7) is 4.51. The quantitative estimate of drug-likeness (QED) is 0.842. The van der Waals surface area contributed by atoms with Gasteiger partial charge in [0.15, 0.2) is 3.95 Å². The standard InChI is InChI=1S/C12H16N4OS2/c1-7-10(3-4-17)19-12(18)16(7)6-9-5-14-8(2)15-11(9)13/h5,17H,3-4,6H2,1-2H3,(H2,13,14,15). The molecule has 0 aliphatic rings. The van der Waals surface area contributed by atoms with Gasteiger partial charge in [-0.15, -0.1) is 11.3 Å². The summed E-state index contributed by atoms with van der Waals surface area (Å²) in [5.74, 6) is 1.15. The molecule has 2 rings (SSSR count). The van der Waals surface area contributed by atoms with Crippen molar-refractivity contribution in [3.8, 4) is 0 Å². The van der Waals surface area contributed by atoms with Crippen molar-refractivity contribution >= 4 is 29.4 Å². The van der Waals surface area contributed by atoms with Crippen LogP contribution in [0.2, 0.25) is 0 Å². The third-order valence-electron chi connectivity index (χ3n) is 2.93. The average Bonchev–Trinajstić information content (AvgIpc) is 2.60. The molecule has 0 spiro atoms. The molecule has 0 amide bonds. The number of aryl methyl sites for hydroxylation is 1. The fraction of sp³-hybridized carbons (Fsp3) is 0.417. The fourth-order valence-corrected chi connectivity index (χ4v) is 3.32. The molecule has 7 heteroatoms. The Morgan fingerprint density at radius 1 is 1.47 bits per heavy atom. The molecule has 19 heavy (non-hydrogen) atoms. The fourth-order valence-electron chi connectivity index (χ4n) is 1.84. The molecule has 0 radical (unpaired) electrons. The van der Waals surface area contributed by atoms with Gasteiger partial charge in [-0.25, -0.2) is 9.97 Å². The van der Waals surface area contributed by atoms with Crippen LogP contribution in [0.5, 0.6) is 0 Å². The van der Waals surface area contributed by atoms with Gasteiger partial charge in [-0.1, -0.05) is 0 Å². The molecule has 2 aromatic heterocycles. The SMILES string of the molecule is Cc1ncc(Cn2c(C)c(CCO)sc2=S)c(N)n1. The Balaban J connectivity index is 2.35. The second-order valence-corrected chi connectivity index (χ2v) is 5.99. The van der Waals surface area contributed by atoms with E-state index in [2.05, 4.69) is 9.97 Å². The van der Waals surface area contributed by atoms with Gasteiger partial charge >= 0.3 is 0 Å². The maximum Gasteiger partial charge on any atom is 0.161 e. The van der Waals surface area contributed by atoms with Crippen LogP contribution >= 0.6 is 23.6 Å². The number of thiazole rings is 1. The second kappa shape index (κ2) is 5.77. The number of anilines is 1. The summed E-state index contributed by atoms with van der Waals surface area (Å²) < 4.78 is 2.79. The van der Waals surface area contributed by atoms with Crippen LogP contribution in [0.1, 0.15) is 22.0 Å². The van der Waals surface area contributed by atoms with Crippen LogP contribution < -0.4 is 5.73 Å². The average molecular weight is 296 g/mol. The van der Waals surface area contributed by atoms with Crippen LogP contribution in [0.15, 0.2) is 6.20 Å². The van der Waals surface area contributed by atoms with Crippen LogP contribution in [-0.4, -0.2) is 26.2 Å². The molecule has 102 valence electrons. The molecule has 0 aromatic carbocycles. The predicted molar refractivity (Wildman–Crippen MR) is 79.0 cm³/mol. The topological polar surface area (TPSA) is 77.0 Å². The molecule has 2 aromatic rings. The van der Waals surface area contributed by atoms with Gasteiger partial charge in [0, 0.05) is 35.4 Å². The van der Waals surface area contributed by atoms with Gasteiger partial charge in [0.2, 0.25) is 0 Å². The highest BCUT2D eigenvalue weighted by Gasteiger charge is 2.11. The van der Waals surface area contributed by atoms with E-state index >= 15 is 0 Å². The van der Waals surface area contributed by atoms with Crippen molar-refractivity contribution in [3.05, 3.63) is 32.1 Å². The lowest BCUT2D eigenvalue weighted by atomic mass is 10.2. The van der Waals surface area contributed by atoms with E-state index in [4.69, 9.17) is 23.1 Å². The van der Waals surface area contributed by atoms with Crippen LogP contribution in [0.4, 0.5) is 5.82 Å². The van der Waals surface area contributed by atoms with Crippen molar-refractivity contribution in [3.63, 3.8) is 0 Å². The molecule has 2 heterocycles. The first-order valence-electron chi connectivity index (χ1n) is 5.91. The van der Waals surface area contributed by atoms with Gasteiger partial charge < -0.3 is 15.4 Å². The number of nitrogens with two attached hydrogens (primary N) is 1. The minimum absolute atomic E-state index is 0.131. The summed E-state index contributed by atoms with van der Waals surface area (Å²) in [6.07, 6.45) is 2.37. The lowest BCUT2D eigenvalue weighted by Gasteiger charge is -2.08. The molecule has 3 N–H and O–H groups in total. The Morgan fingerprint density at radius 3 is 2.84 bits per heavy atom. The minimum Gasteiger partial charge on any atom is -0.396 e. The number of aliphatic hydroxyl groups is 1. The summed E-state index contributed by atoms with van der Waals surface area (Å²) in [5.41, 5.74) is 7.83. The minimum atomic E-state index is 0.131. The van der Waals surface area contributed by atoms with Gasteiger partial charge in [0.25, 0.3) is 0 Å². The van der Waals surface area contributed by atoms with Crippen molar-refractivity contribution in [1.29, 1.82) is 0 Å². The second-order valence-electron chi connectivity index (χ2n) is 4.26. The summed E-state index contributed by atoms with van der Waals surface area (Å²) in [5, 5.41) is 9.03. The Labute approximate surface area is 120 Å². The number of nitrogen functional groups attached to an aromatic ring is 1. The lowest BCUT2D eigenvalue weighted by molar-refractivity contribution is 0.300. The Hall–Kier alpha value is -1.31. The largest absolute Gasteiger partial charge is 0.396 e. The maximum absolute atomic E-state index is 9.03. The van der Waals surface area contributed by atoms with E-state index in [1.165, 1.54) is 11.3 Å². The van der Waals surface area contributed by atoms with Gasteiger partial charge in [-0.05, 0) is 26.1 Å². The van der Waals surface area contributed by atoms with E-state index < -0.39 is 0 Å². The highest BCUT2D eigenvalue weighted by molar-refractivity contribution is 7.73. The maximum atomic E-state index is 9.03. The van der Waals surface area contributed by atoms with Crippen molar-refractivity contribution in [1.82, 2.24) is 14.5 Å². The smallest absolute Gasteiger partial charge is 0.161 e. The van der Waals surface area contributed by atoms with E-state index in [1.807, 2.05) is 11.5 Å². The first-order chi connectivity index (χ1) is 9.02. The molecule has 0 fully saturated rings. The van der Waals surface area contributed by atoms with E-state index in [0.29, 0.717) is 24.6 Å². The molecular formula is C12H16N4OS2. The third kappa shape index (κ3) is 2.99. The van der Waals surface area contributed by atoms with Crippen molar-refractivity contribution < 1.29 is 5.11 Å². The van der Waals surface area contributed by atoms with Crippen molar-refractivity contribution in [2.24, 2.45) is 0 Å². The van der Waals surface area contributed by atoms with E-state index in [9.17, 15) is 0 Å². The number of nitrogens with zero attached hydrogens (tertiary/aromatic N) is 3. The predicted octanol–water partition coefficient (Wildman–Crippen LogP) is 1.85. The van der Waals surface area contributed by atoms with Crippen LogP contribution in [0.25, 0.3) is 0 Å². The number of hydrogen-bond donors (Lipinski definition) is 2. The van der Waals surface area contributed by atoms with Crippen LogP contribution in [0.3, 0.4) is 0 Å². The van der Waals surface area contributed by atoms with Crippen molar-refractivity contribution in [2.75, 3.05) is 12.3 Å². The van der Waals surface area contributed by atoms with Gasteiger partial charge in [0.05, 0.1) is 6.54 Å². The van der Waals surface area contributed by atoms with Crippen molar-refractivity contribution in [2.45, 2.75) is 26.8 Å². The molecule has 0 atom stereocenters. The zero-order chi connectivity index (χ0) is 14.0. The van der Waals surface area contributed by atoms with E-state index in [1.54, 1.807) is 13.1 Å². The molecule has 0 bridgehead atoms. The molecule has 0 saturated carbocycles. The molecule has 5 nitrogen and oxygen atoms in total. The summed E-state index contributed by atoms with van der Waals surface area (Å²) in [4.78, 5) is 9.43. The first-order valence-corrected chi connectivity index (χ1v) is 7.13. The normalized spacial score (nSPS) is 10.9. The number of aromatic nitrogens is 3. The molecule has 0 aliphatic carbocycles.